The molecule has 0 saturated heterocycles. The number of aromatic nitrogens is 2. The van der Waals surface area contributed by atoms with E-state index in [1.165, 1.54) is 0 Å². The van der Waals surface area contributed by atoms with Gasteiger partial charge in [0.2, 0.25) is 0 Å². The van der Waals surface area contributed by atoms with Crippen molar-refractivity contribution < 1.29 is 0 Å². The van der Waals surface area contributed by atoms with Crippen LogP contribution in [0, 0.1) is 0 Å². The van der Waals surface area contributed by atoms with Crippen LogP contribution in [0.2, 0.25) is 10.0 Å². The predicted molar refractivity (Wildman–Crippen MR) is 90.4 cm³/mol. The molecule has 1 aliphatic heterocycles. The van der Waals surface area contributed by atoms with Crippen LogP contribution in [0.4, 0.5) is 22.9 Å². The Hall–Kier alpha value is -1.02. The second kappa shape index (κ2) is 6.00. The largest absolute Gasteiger partial charge is 0.337 e. The van der Waals surface area contributed by atoms with Crippen LogP contribution >= 0.6 is 39.1 Å². The van der Waals surface area contributed by atoms with E-state index in [2.05, 4.69) is 39.9 Å². The average Bonchev–Trinajstić information content (AvgIpc) is 2.92. The Labute approximate surface area is 143 Å². The Morgan fingerprint density at radius 3 is 2.67 bits per heavy atom. The lowest BCUT2D eigenvalue weighted by atomic mass is 10.2. The maximum atomic E-state index is 6.26. The maximum Gasteiger partial charge on any atom is 0.135 e. The molecule has 0 saturated carbocycles. The molecule has 0 amide bonds. The molecule has 1 aliphatic rings. The quantitative estimate of drug-likeness (QED) is 0.579. The second-order valence-electron chi connectivity index (χ2n) is 4.15. The first kappa shape index (κ1) is 14.9. The summed E-state index contributed by atoms with van der Waals surface area (Å²) in [5.74, 6) is 1.36. The summed E-state index contributed by atoms with van der Waals surface area (Å²) in [6.07, 6.45) is 0.732. The Bertz CT molecular complexity index is 805. The SMILES string of the molecule is CCc1nc(Br)cc(Nc2c(Cl)cc(Cl)c3c2N=S=N3)n1. The molecule has 1 aromatic heterocycles. The smallest absolute Gasteiger partial charge is 0.135 e. The molecular weight excluding hydrogens is 397 g/mol. The zero-order valence-corrected chi connectivity index (χ0v) is 14.6. The third-order valence-electron chi connectivity index (χ3n) is 2.75. The van der Waals surface area contributed by atoms with Crippen molar-refractivity contribution in [3.8, 4) is 0 Å². The van der Waals surface area contributed by atoms with Gasteiger partial charge in [-0.15, -0.1) is 0 Å². The third-order valence-corrected chi connectivity index (χ3v) is 4.28. The first-order valence-electron chi connectivity index (χ1n) is 5.99. The number of hydrogen-bond acceptors (Lipinski definition) is 5. The molecule has 5 nitrogen and oxygen atoms in total. The number of rotatable bonds is 3. The van der Waals surface area contributed by atoms with E-state index in [1.807, 2.05) is 6.92 Å². The molecule has 2 heterocycles. The lowest BCUT2D eigenvalue weighted by Gasteiger charge is -2.12. The number of nitrogens with one attached hydrogen (secondary N) is 1. The zero-order chi connectivity index (χ0) is 15.0. The van der Waals surface area contributed by atoms with Crippen molar-refractivity contribution in [1.82, 2.24) is 9.97 Å². The van der Waals surface area contributed by atoms with Crippen LogP contribution in [0.15, 0.2) is 25.5 Å². The van der Waals surface area contributed by atoms with E-state index in [1.54, 1.807) is 12.1 Å². The maximum absolute atomic E-state index is 6.26. The van der Waals surface area contributed by atoms with Gasteiger partial charge in [-0.1, -0.05) is 30.1 Å². The Morgan fingerprint density at radius 2 is 1.90 bits per heavy atom. The van der Waals surface area contributed by atoms with Crippen LogP contribution in [0.5, 0.6) is 0 Å². The molecule has 1 N–H and O–H groups in total. The molecule has 1 aromatic carbocycles. The summed E-state index contributed by atoms with van der Waals surface area (Å²) >= 11 is 16.8. The molecule has 0 radical (unpaired) electrons. The zero-order valence-electron chi connectivity index (χ0n) is 10.7. The van der Waals surface area contributed by atoms with Crippen LogP contribution in [0.25, 0.3) is 0 Å². The molecule has 3 rings (SSSR count). The van der Waals surface area contributed by atoms with Gasteiger partial charge in [0.1, 0.15) is 27.6 Å². The van der Waals surface area contributed by atoms with E-state index in [9.17, 15) is 0 Å². The molecule has 0 spiro atoms. The highest BCUT2D eigenvalue weighted by molar-refractivity contribution is 9.10. The second-order valence-corrected chi connectivity index (χ2v) is 6.30. The molecule has 0 bridgehead atoms. The number of fused-ring (bicyclic) bond motifs is 1. The molecule has 2 aromatic rings. The first-order chi connectivity index (χ1) is 10.1. The van der Waals surface area contributed by atoms with Crippen LogP contribution in [-0.2, 0) is 17.8 Å². The molecule has 21 heavy (non-hydrogen) atoms. The number of aryl methyl sites for hydroxylation is 1. The minimum atomic E-state index is 0.466. The highest BCUT2D eigenvalue weighted by Crippen LogP contribution is 2.48. The molecule has 0 atom stereocenters. The Kier molecular flexibility index (Phi) is 4.26. The summed E-state index contributed by atoms with van der Waals surface area (Å²) < 4.78 is 9.12. The monoisotopic (exact) mass is 403 g/mol. The van der Waals surface area contributed by atoms with Crippen LogP contribution in [0.1, 0.15) is 12.7 Å². The van der Waals surface area contributed by atoms with Gasteiger partial charge in [-0.05, 0) is 22.0 Å². The molecule has 108 valence electrons. The van der Waals surface area contributed by atoms with Gasteiger partial charge < -0.3 is 5.32 Å². The van der Waals surface area contributed by atoms with E-state index in [0.29, 0.717) is 37.5 Å². The number of nitrogens with zero attached hydrogens (tertiary/aromatic N) is 4. The summed E-state index contributed by atoms with van der Waals surface area (Å²) in [6.45, 7) is 1.99. The summed E-state index contributed by atoms with van der Waals surface area (Å²) in [5.41, 5.74) is 1.89. The van der Waals surface area contributed by atoms with Crippen molar-refractivity contribution in [3.05, 3.63) is 32.6 Å². The van der Waals surface area contributed by atoms with Crippen LogP contribution in [-0.4, -0.2) is 9.97 Å². The van der Waals surface area contributed by atoms with E-state index in [4.69, 9.17) is 23.2 Å². The number of halogens is 3. The first-order valence-corrected chi connectivity index (χ1v) is 8.27. The summed E-state index contributed by atoms with van der Waals surface area (Å²) in [4.78, 5) is 8.68. The van der Waals surface area contributed by atoms with Crippen molar-refractivity contribution in [1.29, 1.82) is 0 Å². The number of anilines is 2. The third kappa shape index (κ3) is 2.96. The minimum absolute atomic E-state index is 0.466. The van der Waals surface area contributed by atoms with Crippen LogP contribution in [0.3, 0.4) is 0 Å². The minimum Gasteiger partial charge on any atom is -0.337 e. The molecule has 0 fully saturated rings. The summed E-state index contributed by atoms with van der Waals surface area (Å²) in [7, 11) is 0. The highest BCUT2D eigenvalue weighted by atomic mass is 79.9. The number of hydrogen-bond donors (Lipinski definition) is 1. The van der Waals surface area contributed by atoms with Gasteiger partial charge in [0.25, 0.3) is 0 Å². The molecule has 0 aliphatic carbocycles. The van der Waals surface area contributed by atoms with Gasteiger partial charge in [0.15, 0.2) is 0 Å². The Morgan fingerprint density at radius 1 is 1.14 bits per heavy atom. The van der Waals surface area contributed by atoms with Gasteiger partial charge in [0, 0.05) is 12.5 Å². The fourth-order valence-corrected chi connectivity index (χ4v) is 3.39. The summed E-state index contributed by atoms with van der Waals surface area (Å²) in [6, 6.07) is 3.42. The van der Waals surface area contributed by atoms with E-state index >= 15 is 0 Å². The molecule has 9 heteroatoms. The summed E-state index contributed by atoms with van der Waals surface area (Å²) in [5, 5.41) is 4.12. The fourth-order valence-electron chi connectivity index (χ4n) is 1.81. The van der Waals surface area contributed by atoms with E-state index < -0.39 is 0 Å². The van der Waals surface area contributed by atoms with Gasteiger partial charge in [-0.3, -0.25) is 0 Å². The van der Waals surface area contributed by atoms with Gasteiger partial charge in [-0.25, -0.2) is 9.97 Å². The van der Waals surface area contributed by atoms with Gasteiger partial charge in [-0.2, -0.15) is 8.73 Å². The Balaban J connectivity index is 2.06. The lowest BCUT2D eigenvalue weighted by molar-refractivity contribution is 0.931. The van der Waals surface area contributed by atoms with Crippen molar-refractivity contribution >= 4 is 73.4 Å². The highest BCUT2D eigenvalue weighted by Gasteiger charge is 2.19. The standard InChI is InChI=1S/C12H8BrCl2N5S/c1-2-8-16-7(13)4-9(17-8)18-10-5(14)3-6(15)11-12(10)20-21-19-11/h3-4H,2H2,1H3,(H,16,17,18). The van der Waals surface area contributed by atoms with Crippen molar-refractivity contribution in [2.45, 2.75) is 13.3 Å². The van der Waals surface area contributed by atoms with Gasteiger partial charge in [0.05, 0.1) is 27.1 Å². The van der Waals surface area contributed by atoms with Crippen molar-refractivity contribution in [3.63, 3.8) is 0 Å². The predicted octanol–water partition coefficient (Wildman–Crippen LogP) is 5.58. The molecular formula is C12H8BrCl2N5S. The van der Waals surface area contributed by atoms with E-state index in [-0.39, 0.29) is 0 Å². The number of benzene rings is 1. The van der Waals surface area contributed by atoms with Gasteiger partial charge >= 0.3 is 0 Å². The van der Waals surface area contributed by atoms with E-state index in [0.717, 1.165) is 23.6 Å². The van der Waals surface area contributed by atoms with Crippen molar-refractivity contribution in [2.75, 3.05) is 5.32 Å². The lowest BCUT2D eigenvalue weighted by Crippen LogP contribution is -2.00. The topological polar surface area (TPSA) is 62.5 Å². The molecule has 0 unspecified atom stereocenters. The normalized spacial score (nSPS) is 12.2. The van der Waals surface area contributed by atoms with Crippen molar-refractivity contribution in [2.24, 2.45) is 8.73 Å². The average molecular weight is 405 g/mol. The van der Waals surface area contributed by atoms with Crippen LogP contribution < -0.4 is 5.32 Å². The fraction of sp³-hybridized carbons (Fsp3) is 0.167.